The Morgan fingerprint density at radius 3 is 1.81 bits per heavy atom. The molecular formula is C56H82N8O11. The Morgan fingerprint density at radius 1 is 0.733 bits per heavy atom. The van der Waals surface area contributed by atoms with Gasteiger partial charge in [0, 0.05) is 56.4 Å². The molecule has 0 radical (unpaired) electrons. The van der Waals surface area contributed by atoms with E-state index in [1.165, 1.54) is 33.0 Å². The monoisotopic (exact) mass is 1040 g/mol. The lowest BCUT2D eigenvalue weighted by Gasteiger charge is -2.36. The minimum absolute atomic E-state index is 0.124. The SMILES string of the molecule is COC(c1ccccc1)[C@@H]1NC(=O)[C@H](C)NC(=O)[C@H](CC(C)CO)N(C)C(=O)[C@H](C(O)c2cn(C(C)(C)C3CO3)c3ccccc23)NC(=O)[C@H](C(C)C=C(C)C)NC(=O)[C@H](CC(C)C)N(C)C(=O)[C@H](C(C)C)NC1=O. The fraction of sp³-hybridized carbons (Fsp3) is 0.589. The van der Waals surface area contributed by atoms with Gasteiger partial charge in [-0.25, -0.2) is 0 Å². The van der Waals surface area contributed by atoms with Gasteiger partial charge < -0.3 is 60.6 Å². The number of ether oxygens (including phenoxy) is 2. The highest BCUT2D eigenvalue weighted by Crippen LogP contribution is 2.38. The van der Waals surface area contributed by atoms with E-state index in [1.54, 1.807) is 82.4 Å². The van der Waals surface area contributed by atoms with Crippen LogP contribution >= 0.6 is 0 Å². The lowest BCUT2D eigenvalue weighted by atomic mass is 9.94. The summed E-state index contributed by atoms with van der Waals surface area (Å²) in [4.78, 5) is 106. The minimum atomic E-state index is -1.81. The minimum Gasteiger partial charge on any atom is -0.396 e. The number of aliphatic hydroxyl groups is 2. The van der Waals surface area contributed by atoms with Crippen molar-refractivity contribution in [3.8, 4) is 0 Å². The third kappa shape index (κ3) is 14.2. The molecule has 7 N–H and O–H groups in total. The number of rotatable bonds is 15. The molecule has 75 heavy (non-hydrogen) atoms. The zero-order valence-corrected chi connectivity index (χ0v) is 46.2. The molecule has 12 atom stereocenters. The number of aromatic nitrogens is 1. The Morgan fingerprint density at radius 2 is 1.25 bits per heavy atom. The number of likely N-dealkylation sites (N-methyl/N-ethyl adjacent to an activating group) is 2. The molecule has 1 aromatic heterocycles. The van der Waals surface area contributed by atoms with Crippen molar-refractivity contribution >= 4 is 52.3 Å². The topological polar surface area (TPSA) is 253 Å². The predicted octanol–water partition coefficient (Wildman–Crippen LogP) is 3.63. The van der Waals surface area contributed by atoms with Crippen molar-refractivity contribution in [2.45, 2.75) is 155 Å². The maximum absolute atomic E-state index is 15.4. The van der Waals surface area contributed by atoms with Gasteiger partial charge in [0.1, 0.15) is 60.6 Å². The zero-order valence-electron chi connectivity index (χ0n) is 46.2. The third-order valence-corrected chi connectivity index (χ3v) is 14.5. The van der Waals surface area contributed by atoms with Crippen molar-refractivity contribution in [2.75, 3.05) is 34.4 Å². The fourth-order valence-electron chi connectivity index (χ4n) is 9.86. The standard InChI is InChI=1S/C56H82N8O11/c1-30(2)24-34(8)44-52(70)60-45(47(66)38-27-64(56(10,11)42-29-75-42)39-23-19-18-22-37(38)39)55(73)63(13)41(26-33(7)28-65)50(68)57-35(9)49(67)61-46(48(74-14)36-20-16-15-17-21-36)53(71)58-43(32(5)6)54(72)62(12)40(25-31(3)4)51(69)59-44/h15-24,27,31-35,40-48,65-66H,25-26,28-29H2,1-14H3,(H,57,68)(H,58,71)(H,59,69)(H,60,70)(H,61,67)/t33?,34?,35-,40-,41-,42?,43-,44-,45-,46-,47?,48?/m0/s1. The highest BCUT2D eigenvalue weighted by atomic mass is 16.6. The average Bonchev–Trinajstić information content (AvgIpc) is 4.16. The van der Waals surface area contributed by atoms with E-state index in [0.29, 0.717) is 17.6 Å². The van der Waals surface area contributed by atoms with Crippen molar-refractivity contribution in [3.05, 3.63) is 83.6 Å². The number of nitrogens with one attached hydrogen (secondary N) is 5. The van der Waals surface area contributed by atoms with Gasteiger partial charge >= 0.3 is 0 Å². The predicted molar refractivity (Wildman–Crippen MR) is 284 cm³/mol. The normalized spacial score (nSPS) is 25.9. The molecule has 2 aliphatic rings. The van der Waals surface area contributed by atoms with Gasteiger partial charge in [-0.15, -0.1) is 0 Å². The van der Waals surface area contributed by atoms with E-state index in [0.717, 1.165) is 16.0 Å². The molecule has 19 heteroatoms. The number of amides is 7. The largest absolute Gasteiger partial charge is 0.396 e. The number of hydrogen-bond acceptors (Lipinski definition) is 11. The number of carbonyl (C=O) groups is 7. The highest BCUT2D eigenvalue weighted by molar-refractivity contribution is 5.99. The highest BCUT2D eigenvalue weighted by Gasteiger charge is 2.45. The molecule has 19 nitrogen and oxygen atoms in total. The van der Waals surface area contributed by atoms with Gasteiger partial charge in [-0.1, -0.05) is 102 Å². The number of benzene rings is 2. The molecule has 0 bridgehead atoms. The fourth-order valence-corrected chi connectivity index (χ4v) is 9.86. The van der Waals surface area contributed by atoms with Gasteiger partial charge in [0.15, 0.2) is 0 Å². The lowest BCUT2D eigenvalue weighted by molar-refractivity contribution is -0.146. The summed E-state index contributed by atoms with van der Waals surface area (Å²) < 4.78 is 13.6. The van der Waals surface area contributed by atoms with Crippen LogP contribution in [-0.4, -0.2) is 149 Å². The smallest absolute Gasteiger partial charge is 0.248 e. The zero-order chi connectivity index (χ0) is 55.8. The van der Waals surface area contributed by atoms with Crippen LogP contribution < -0.4 is 26.6 Å². The molecule has 2 aromatic carbocycles. The van der Waals surface area contributed by atoms with Gasteiger partial charge in [-0.2, -0.15) is 0 Å². The summed E-state index contributed by atoms with van der Waals surface area (Å²) in [6.45, 7) is 19.8. The summed E-state index contributed by atoms with van der Waals surface area (Å²) in [6, 6.07) is 6.13. The molecule has 2 fully saturated rings. The maximum atomic E-state index is 15.4. The van der Waals surface area contributed by atoms with Crippen molar-refractivity contribution in [1.29, 1.82) is 0 Å². The second-order valence-corrected chi connectivity index (χ2v) is 22.1. The number of allylic oxidation sites excluding steroid dienone is 1. The number of nitrogens with zero attached hydrogens (tertiary/aromatic N) is 3. The van der Waals surface area contributed by atoms with Crippen molar-refractivity contribution in [1.82, 2.24) is 41.0 Å². The summed E-state index contributed by atoms with van der Waals surface area (Å²) in [6.07, 6.45) is 0.516. The van der Waals surface area contributed by atoms with Crippen LogP contribution in [0.5, 0.6) is 0 Å². The first kappa shape index (κ1) is 59.7. The number of aliphatic hydroxyl groups excluding tert-OH is 2. The van der Waals surface area contributed by atoms with Crippen LogP contribution in [0.4, 0.5) is 0 Å². The summed E-state index contributed by atoms with van der Waals surface area (Å²) in [5, 5.41) is 37.7. The Labute approximate surface area is 441 Å². The molecule has 412 valence electrons. The lowest BCUT2D eigenvalue weighted by Crippen LogP contribution is -2.62. The van der Waals surface area contributed by atoms with Gasteiger partial charge in [-0.3, -0.25) is 33.6 Å². The molecule has 0 aliphatic carbocycles. The number of carbonyl (C=O) groups excluding carboxylic acids is 7. The van der Waals surface area contributed by atoms with E-state index in [1.807, 2.05) is 58.2 Å². The van der Waals surface area contributed by atoms with Crippen LogP contribution in [0.15, 0.2) is 72.4 Å². The first-order valence-electron chi connectivity index (χ1n) is 26.0. The molecule has 7 amide bonds. The number of para-hydroxylation sites is 1. The molecule has 0 saturated carbocycles. The van der Waals surface area contributed by atoms with Crippen molar-refractivity contribution < 1.29 is 53.2 Å². The van der Waals surface area contributed by atoms with E-state index in [-0.39, 0.29) is 37.0 Å². The Balaban J connectivity index is 1.73. The molecule has 0 spiro atoms. The molecule has 5 unspecified atom stereocenters. The van der Waals surface area contributed by atoms with Gasteiger partial charge in [0.2, 0.25) is 41.4 Å². The Hall–Kier alpha value is -6.15. The number of hydrogen-bond donors (Lipinski definition) is 7. The second-order valence-electron chi connectivity index (χ2n) is 22.1. The van der Waals surface area contributed by atoms with Crippen LogP contribution in [0.1, 0.15) is 112 Å². The average molecular weight is 1040 g/mol. The van der Waals surface area contributed by atoms with E-state index < -0.39 is 119 Å². The second kappa shape index (κ2) is 25.6. The van der Waals surface area contributed by atoms with Gasteiger partial charge in [0.25, 0.3) is 0 Å². The third-order valence-electron chi connectivity index (χ3n) is 14.5. The first-order chi connectivity index (χ1) is 35.2. The van der Waals surface area contributed by atoms with Gasteiger partial charge in [0.05, 0.1) is 12.1 Å². The summed E-state index contributed by atoms with van der Waals surface area (Å²) >= 11 is 0. The molecule has 5 rings (SSSR count). The van der Waals surface area contributed by atoms with Gasteiger partial charge in [-0.05, 0) is 76.8 Å². The van der Waals surface area contributed by atoms with Crippen LogP contribution in [0, 0.1) is 23.7 Å². The number of fused-ring (bicyclic) bond motifs is 1. The summed E-state index contributed by atoms with van der Waals surface area (Å²) in [7, 11) is 4.16. The Kier molecular flexibility index (Phi) is 20.4. The molecule has 2 saturated heterocycles. The first-order valence-corrected chi connectivity index (χ1v) is 26.0. The molecule has 3 aromatic rings. The van der Waals surface area contributed by atoms with E-state index >= 15 is 9.59 Å². The van der Waals surface area contributed by atoms with Crippen LogP contribution in [0.25, 0.3) is 10.9 Å². The van der Waals surface area contributed by atoms with Crippen LogP contribution in [0.2, 0.25) is 0 Å². The van der Waals surface area contributed by atoms with Crippen LogP contribution in [0.3, 0.4) is 0 Å². The van der Waals surface area contributed by atoms with Crippen molar-refractivity contribution in [2.24, 2.45) is 23.7 Å². The summed E-state index contributed by atoms with van der Waals surface area (Å²) in [5.74, 6) is -7.50. The van der Waals surface area contributed by atoms with E-state index in [9.17, 15) is 34.2 Å². The van der Waals surface area contributed by atoms with E-state index in [4.69, 9.17) is 9.47 Å². The number of methoxy groups -OCH3 is 1. The summed E-state index contributed by atoms with van der Waals surface area (Å²) in [5.41, 5.74) is 1.72. The van der Waals surface area contributed by atoms with Crippen LogP contribution in [-0.2, 0) is 48.6 Å². The Bertz CT molecular complexity index is 2540. The molecular weight excluding hydrogens is 961 g/mol. The quantitative estimate of drug-likeness (QED) is 0.0855. The van der Waals surface area contributed by atoms with Crippen molar-refractivity contribution in [3.63, 3.8) is 0 Å². The number of epoxide rings is 1. The molecule has 2 aliphatic heterocycles. The molecule has 3 heterocycles. The van der Waals surface area contributed by atoms with E-state index in [2.05, 4.69) is 26.6 Å². The maximum Gasteiger partial charge on any atom is 0.248 e.